The van der Waals surface area contributed by atoms with Crippen molar-refractivity contribution in [1.29, 1.82) is 0 Å². The fourth-order valence-electron chi connectivity index (χ4n) is 3.24. The third-order valence-corrected chi connectivity index (χ3v) is 4.29. The molecule has 0 bridgehead atoms. The van der Waals surface area contributed by atoms with Gasteiger partial charge in [-0.1, -0.05) is 19.9 Å². The van der Waals surface area contributed by atoms with Crippen LogP contribution < -0.4 is 11.1 Å². The zero-order chi connectivity index (χ0) is 17.0. The number of piperidine rings is 1. The zero-order valence-electron chi connectivity index (χ0n) is 14.3. The lowest BCUT2D eigenvalue weighted by Crippen LogP contribution is -2.42. The van der Waals surface area contributed by atoms with Crippen LogP contribution >= 0.6 is 0 Å². The van der Waals surface area contributed by atoms with Crippen LogP contribution in [-0.4, -0.2) is 36.3 Å². The Labute approximate surface area is 138 Å². The maximum atomic E-state index is 12.8. The lowest BCUT2D eigenvalue weighted by Gasteiger charge is -2.35. The van der Waals surface area contributed by atoms with Gasteiger partial charge in [-0.15, -0.1) is 0 Å². The van der Waals surface area contributed by atoms with Crippen molar-refractivity contribution >= 4 is 17.5 Å². The smallest absolute Gasteiger partial charge is 0.253 e. The summed E-state index contributed by atoms with van der Waals surface area (Å²) in [5.74, 6) is 0.965. The summed E-state index contributed by atoms with van der Waals surface area (Å²) in [5.41, 5.74) is 7.65. The van der Waals surface area contributed by atoms with Gasteiger partial charge in [0, 0.05) is 37.3 Å². The molecule has 126 valence electrons. The second-order valence-corrected chi connectivity index (χ2v) is 6.77. The van der Waals surface area contributed by atoms with Gasteiger partial charge in [0.2, 0.25) is 5.91 Å². The fourth-order valence-corrected chi connectivity index (χ4v) is 3.24. The number of aryl methyl sites for hydroxylation is 1. The first-order valence-electron chi connectivity index (χ1n) is 8.30. The van der Waals surface area contributed by atoms with E-state index >= 15 is 0 Å². The molecule has 3 N–H and O–H groups in total. The van der Waals surface area contributed by atoms with Crippen LogP contribution in [0, 0.1) is 18.8 Å². The number of rotatable bonds is 4. The van der Waals surface area contributed by atoms with E-state index in [2.05, 4.69) is 19.2 Å². The van der Waals surface area contributed by atoms with Gasteiger partial charge in [0.25, 0.3) is 5.91 Å². The SMILES string of the molecule is Cc1ccc(C(=O)N2CC(C)CC(C)C2)cc1NC(=O)CCN. The monoisotopic (exact) mass is 317 g/mol. The van der Waals surface area contributed by atoms with Gasteiger partial charge >= 0.3 is 0 Å². The van der Waals surface area contributed by atoms with Gasteiger partial charge in [-0.25, -0.2) is 0 Å². The maximum Gasteiger partial charge on any atom is 0.253 e. The molecule has 23 heavy (non-hydrogen) atoms. The Hall–Kier alpha value is -1.88. The predicted octanol–water partition coefficient (Wildman–Crippen LogP) is 2.40. The minimum absolute atomic E-state index is 0.0396. The molecule has 0 radical (unpaired) electrons. The first-order valence-corrected chi connectivity index (χ1v) is 8.30. The van der Waals surface area contributed by atoms with Crippen molar-refractivity contribution in [3.63, 3.8) is 0 Å². The Balaban J connectivity index is 2.16. The molecule has 2 amide bonds. The average molecular weight is 317 g/mol. The van der Waals surface area contributed by atoms with Gasteiger partial charge in [0.05, 0.1) is 0 Å². The number of nitrogens with one attached hydrogen (secondary N) is 1. The Kier molecular flexibility index (Phi) is 5.77. The molecule has 1 aliphatic heterocycles. The standard InChI is InChI=1S/C18H27N3O2/c1-12-8-13(2)11-21(10-12)18(23)15-5-4-14(3)16(9-15)20-17(22)6-7-19/h4-5,9,12-13H,6-8,10-11,19H2,1-3H3,(H,20,22). The van der Waals surface area contributed by atoms with E-state index in [4.69, 9.17) is 5.73 Å². The van der Waals surface area contributed by atoms with E-state index in [1.54, 1.807) is 6.07 Å². The molecule has 5 nitrogen and oxygen atoms in total. The molecule has 1 aromatic carbocycles. The third kappa shape index (κ3) is 4.55. The van der Waals surface area contributed by atoms with Crippen LogP contribution in [0.3, 0.4) is 0 Å². The van der Waals surface area contributed by atoms with Crippen molar-refractivity contribution in [1.82, 2.24) is 4.90 Å². The minimum atomic E-state index is -0.125. The Morgan fingerprint density at radius 3 is 2.52 bits per heavy atom. The van der Waals surface area contributed by atoms with E-state index in [1.165, 1.54) is 0 Å². The molecule has 2 atom stereocenters. The van der Waals surface area contributed by atoms with E-state index in [9.17, 15) is 9.59 Å². The molecule has 1 aromatic rings. The minimum Gasteiger partial charge on any atom is -0.338 e. The topological polar surface area (TPSA) is 75.4 Å². The number of benzene rings is 1. The van der Waals surface area contributed by atoms with Crippen LogP contribution in [0.4, 0.5) is 5.69 Å². The normalized spacial score (nSPS) is 21.1. The second-order valence-electron chi connectivity index (χ2n) is 6.77. The first kappa shape index (κ1) is 17.5. The number of hydrogen-bond donors (Lipinski definition) is 2. The number of hydrogen-bond acceptors (Lipinski definition) is 3. The summed E-state index contributed by atoms with van der Waals surface area (Å²) in [6.07, 6.45) is 1.44. The number of carbonyl (C=O) groups is 2. The number of likely N-dealkylation sites (tertiary alicyclic amines) is 1. The second kappa shape index (κ2) is 7.59. The van der Waals surface area contributed by atoms with Crippen molar-refractivity contribution in [3.8, 4) is 0 Å². The molecule has 0 spiro atoms. The first-order chi connectivity index (χ1) is 10.9. The molecule has 0 aromatic heterocycles. The van der Waals surface area contributed by atoms with Crippen LogP contribution in [0.2, 0.25) is 0 Å². The molecule has 5 heteroatoms. The zero-order valence-corrected chi connectivity index (χ0v) is 14.3. The number of carbonyl (C=O) groups excluding carboxylic acids is 2. The van der Waals surface area contributed by atoms with Crippen LogP contribution in [0.15, 0.2) is 18.2 Å². The lowest BCUT2D eigenvalue weighted by molar-refractivity contribution is -0.116. The highest BCUT2D eigenvalue weighted by molar-refractivity contribution is 5.97. The quantitative estimate of drug-likeness (QED) is 0.895. The van der Waals surface area contributed by atoms with Gasteiger partial charge < -0.3 is 16.0 Å². The summed E-state index contributed by atoms with van der Waals surface area (Å²) in [5, 5.41) is 2.84. The number of nitrogens with two attached hydrogens (primary N) is 1. The van der Waals surface area contributed by atoms with Crippen molar-refractivity contribution < 1.29 is 9.59 Å². The largest absolute Gasteiger partial charge is 0.338 e. The summed E-state index contributed by atoms with van der Waals surface area (Å²) >= 11 is 0. The summed E-state index contributed by atoms with van der Waals surface area (Å²) in [4.78, 5) is 26.4. The highest BCUT2D eigenvalue weighted by Gasteiger charge is 2.26. The lowest BCUT2D eigenvalue weighted by atomic mass is 9.91. The van der Waals surface area contributed by atoms with E-state index < -0.39 is 0 Å². The molecule has 0 saturated carbocycles. The van der Waals surface area contributed by atoms with Crippen LogP contribution in [0.5, 0.6) is 0 Å². The third-order valence-electron chi connectivity index (χ3n) is 4.29. The Morgan fingerprint density at radius 1 is 1.26 bits per heavy atom. The van der Waals surface area contributed by atoms with Crippen molar-refractivity contribution in [2.24, 2.45) is 17.6 Å². The van der Waals surface area contributed by atoms with E-state index in [-0.39, 0.29) is 18.2 Å². The molecular weight excluding hydrogens is 290 g/mol. The summed E-state index contributed by atoms with van der Waals surface area (Å²) in [6, 6.07) is 5.48. The van der Waals surface area contributed by atoms with Gasteiger partial charge in [-0.2, -0.15) is 0 Å². The number of anilines is 1. The molecule has 1 aliphatic rings. The number of nitrogens with zero attached hydrogens (tertiary/aromatic N) is 1. The number of amides is 2. The highest BCUT2D eigenvalue weighted by atomic mass is 16.2. The average Bonchev–Trinajstić information content (AvgIpc) is 2.48. The molecule has 0 aliphatic carbocycles. The van der Waals surface area contributed by atoms with E-state index in [0.29, 0.717) is 29.6 Å². The Bertz CT molecular complexity index is 576. The predicted molar refractivity (Wildman–Crippen MR) is 92.3 cm³/mol. The van der Waals surface area contributed by atoms with Crippen LogP contribution in [0.1, 0.15) is 42.6 Å². The van der Waals surface area contributed by atoms with Gasteiger partial charge in [-0.05, 0) is 42.9 Å². The Morgan fingerprint density at radius 2 is 1.91 bits per heavy atom. The molecule has 1 heterocycles. The molecule has 2 unspecified atom stereocenters. The molecule has 1 fully saturated rings. The van der Waals surface area contributed by atoms with Crippen molar-refractivity contribution in [2.45, 2.75) is 33.6 Å². The fraction of sp³-hybridized carbons (Fsp3) is 0.556. The highest BCUT2D eigenvalue weighted by Crippen LogP contribution is 2.24. The van der Waals surface area contributed by atoms with Gasteiger partial charge in [-0.3, -0.25) is 9.59 Å². The van der Waals surface area contributed by atoms with Crippen LogP contribution in [0.25, 0.3) is 0 Å². The molecule has 2 rings (SSSR count). The van der Waals surface area contributed by atoms with E-state index in [0.717, 1.165) is 25.1 Å². The van der Waals surface area contributed by atoms with Gasteiger partial charge in [0.15, 0.2) is 0 Å². The van der Waals surface area contributed by atoms with E-state index in [1.807, 2.05) is 24.0 Å². The summed E-state index contributed by atoms with van der Waals surface area (Å²) in [6.45, 7) is 8.19. The summed E-state index contributed by atoms with van der Waals surface area (Å²) < 4.78 is 0. The molecular formula is C18H27N3O2. The summed E-state index contributed by atoms with van der Waals surface area (Å²) in [7, 11) is 0. The van der Waals surface area contributed by atoms with Gasteiger partial charge in [0.1, 0.15) is 0 Å². The van der Waals surface area contributed by atoms with Crippen molar-refractivity contribution in [2.75, 3.05) is 25.0 Å². The molecule has 1 saturated heterocycles. The van der Waals surface area contributed by atoms with Crippen LogP contribution in [-0.2, 0) is 4.79 Å². The van der Waals surface area contributed by atoms with Crippen molar-refractivity contribution in [3.05, 3.63) is 29.3 Å². The maximum absolute atomic E-state index is 12.8.